The van der Waals surface area contributed by atoms with Crippen molar-refractivity contribution in [2.75, 3.05) is 11.9 Å². The lowest BCUT2D eigenvalue weighted by atomic mass is 10.3. The molecule has 0 amide bonds. The van der Waals surface area contributed by atoms with Gasteiger partial charge in [0, 0.05) is 11.4 Å². The summed E-state index contributed by atoms with van der Waals surface area (Å²) in [5, 5.41) is 13.1. The summed E-state index contributed by atoms with van der Waals surface area (Å²) >= 11 is 6.53. The maximum absolute atomic E-state index is 8.98. The molecule has 0 fully saturated rings. The number of anilines is 1. The minimum atomic E-state index is 0.669. The monoisotopic (exact) mass is 327 g/mol. The third-order valence-electron chi connectivity index (χ3n) is 2.26. The standard InChI is InChI=1S/C11H10BrN3S2/c1-7-9(6-13)11(17-15-7)14-5-4-8-2-3-10(12)16-8/h2-3,14H,4-5H2,1H3. The summed E-state index contributed by atoms with van der Waals surface area (Å²) in [7, 11) is 0. The Balaban J connectivity index is 1.92. The average Bonchev–Trinajstić information content (AvgIpc) is 2.86. The highest BCUT2D eigenvalue weighted by atomic mass is 79.9. The van der Waals surface area contributed by atoms with Gasteiger partial charge in [0.2, 0.25) is 0 Å². The zero-order valence-corrected chi connectivity index (χ0v) is 12.4. The Morgan fingerprint density at radius 3 is 3.00 bits per heavy atom. The zero-order valence-electron chi connectivity index (χ0n) is 9.16. The van der Waals surface area contributed by atoms with E-state index < -0.39 is 0 Å². The van der Waals surface area contributed by atoms with Crippen LogP contribution < -0.4 is 5.32 Å². The van der Waals surface area contributed by atoms with Gasteiger partial charge in [-0.3, -0.25) is 0 Å². The lowest BCUT2D eigenvalue weighted by Gasteiger charge is -2.01. The van der Waals surface area contributed by atoms with Crippen LogP contribution in [0.4, 0.5) is 5.00 Å². The molecular formula is C11H10BrN3S2. The van der Waals surface area contributed by atoms with Gasteiger partial charge in [-0.15, -0.1) is 11.3 Å². The van der Waals surface area contributed by atoms with E-state index in [1.807, 2.05) is 6.92 Å². The topological polar surface area (TPSA) is 48.7 Å². The highest BCUT2D eigenvalue weighted by molar-refractivity contribution is 9.11. The summed E-state index contributed by atoms with van der Waals surface area (Å²) in [6.45, 7) is 2.68. The Hall–Kier alpha value is -0.900. The number of nitrogens with one attached hydrogen (secondary N) is 1. The van der Waals surface area contributed by atoms with Crippen LogP contribution in [0.15, 0.2) is 15.9 Å². The molecule has 2 rings (SSSR count). The maximum Gasteiger partial charge on any atom is 0.127 e. The van der Waals surface area contributed by atoms with Crippen molar-refractivity contribution in [3.63, 3.8) is 0 Å². The van der Waals surface area contributed by atoms with E-state index in [2.05, 4.69) is 43.8 Å². The summed E-state index contributed by atoms with van der Waals surface area (Å²) in [6.07, 6.45) is 0.956. The van der Waals surface area contributed by atoms with Crippen molar-refractivity contribution in [3.8, 4) is 6.07 Å². The van der Waals surface area contributed by atoms with Crippen LogP contribution in [0.3, 0.4) is 0 Å². The van der Waals surface area contributed by atoms with E-state index in [9.17, 15) is 0 Å². The molecule has 6 heteroatoms. The minimum Gasteiger partial charge on any atom is -0.374 e. The predicted octanol–water partition coefficient (Wildman–Crippen LogP) is 3.80. The molecule has 0 bridgehead atoms. The van der Waals surface area contributed by atoms with Crippen LogP contribution in [-0.4, -0.2) is 10.9 Å². The molecule has 0 aromatic carbocycles. The number of hydrogen-bond donors (Lipinski definition) is 1. The molecule has 88 valence electrons. The van der Waals surface area contributed by atoms with Gasteiger partial charge >= 0.3 is 0 Å². The minimum absolute atomic E-state index is 0.669. The second kappa shape index (κ2) is 5.63. The predicted molar refractivity (Wildman–Crippen MR) is 75.8 cm³/mol. The van der Waals surface area contributed by atoms with E-state index in [1.165, 1.54) is 16.4 Å². The second-order valence-electron chi connectivity index (χ2n) is 3.47. The number of thiophene rings is 1. The molecule has 0 unspecified atom stereocenters. The SMILES string of the molecule is Cc1nsc(NCCc2ccc(Br)s2)c1C#N. The molecule has 2 heterocycles. The van der Waals surface area contributed by atoms with E-state index in [1.54, 1.807) is 11.3 Å². The molecule has 0 radical (unpaired) electrons. The van der Waals surface area contributed by atoms with Crippen LogP contribution >= 0.6 is 38.8 Å². The summed E-state index contributed by atoms with van der Waals surface area (Å²) in [5.41, 5.74) is 1.47. The fourth-order valence-corrected chi connectivity index (χ4v) is 3.66. The van der Waals surface area contributed by atoms with Crippen LogP contribution in [0.25, 0.3) is 0 Å². The third kappa shape index (κ3) is 3.06. The van der Waals surface area contributed by atoms with Gasteiger partial charge in [0.1, 0.15) is 16.6 Å². The highest BCUT2D eigenvalue weighted by Gasteiger charge is 2.09. The van der Waals surface area contributed by atoms with E-state index >= 15 is 0 Å². The van der Waals surface area contributed by atoms with E-state index in [0.717, 1.165) is 27.4 Å². The smallest absolute Gasteiger partial charge is 0.127 e. The fraction of sp³-hybridized carbons (Fsp3) is 0.273. The Kier molecular flexibility index (Phi) is 4.15. The zero-order chi connectivity index (χ0) is 12.3. The molecule has 17 heavy (non-hydrogen) atoms. The largest absolute Gasteiger partial charge is 0.374 e. The number of nitriles is 1. The summed E-state index contributed by atoms with van der Waals surface area (Å²) in [5.74, 6) is 0. The van der Waals surface area contributed by atoms with Crippen LogP contribution in [0, 0.1) is 18.3 Å². The summed E-state index contributed by atoms with van der Waals surface area (Å²) in [4.78, 5) is 1.32. The summed E-state index contributed by atoms with van der Waals surface area (Å²) in [6, 6.07) is 6.34. The molecule has 3 nitrogen and oxygen atoms in total. The fourth-order valence-electron chi connectivity index (χ4n) is 1.41. The normalized spacial score (nSPS) is 10.2. The van der Waals surface area contributed by atoms with Gasteiger partial charge in [0.15, 0.2) is 0 Å². The first-order valence-electron chi connectivity index (χ1n) is 5.05. The maximum atomic E-state index is 8.98. The quantitative estimate of drug-likeness (QED) is 0.929. The van der Waals surface area contributed by atoms with Gasteiger partial charge in [-0.1, -0.05) is 0 Å². The number of aryl methyl sites for hydroxylation is 1. The molecule has 2 aromatic heterocycles. The van der Waals surface area contributed by atoms with Gasteiger partial charge < -0.3 is 5.32 Å². The lowest BCUT2D eigenvalue weighted by molar-refractivity contribution is 1.05. The van der Waals surface area contributed by atoms with Crippen LogP contribution in [0.1, 0.15) is 16.1 Å². The van der Waals surface area contributed by atoms with Gasteiger partial charge in [0.25, 0.3) is 0 Å². The first-order chi connectivity index (χ1) is 8.20. The van der Waals surface area contributed by atoms with E-state index in [-0.39, 0.29) is 0 Å². The third-order valence-corrected chi connectivity index (χ3v) is 4.84. The molecular weight excluding hydrogens is 318 g/mol. The lowest BCUT2D eigenvalue weighted by Crippen LogP contribution is -2.03. The van der Waals surface area contributed by atoms with Crippen LogP contribution in [-0.2, 0) is 6.42 Å². The molecule has 1 N–H and O–H groups in total. The number of rotatable bonds is 4. The highest BCUT2D eigenvalue weighted by Crippen LogP contribution is 2.25. The van der Waals surface area contributed by atoms with Crippen molar-refractivity contribution in [1.82, 2.24) is 4.37 Å². The van der Waals surface area contributed by atoms with E-state index in [0.29, 0.717) is 5.56 Å². The Morgan fingerprint density at radius 1 is 1.53 bits per heavy atom. The van der Waals surface area contributed by atoms with E-state index in [4.69, 9.17) is 5.26 Å². The molecule has 0 spiro atoms. The van der Waals surface area contributed by atoms with Crippen molar-refractivity contribution < 1.29 is 0 Å². The van der Waals surface area contributed by atoms with Gasteiger partial charge in [-0.25, -0.2) is 0 Å². The van der Waals surface area contributed by atoms with Gasteiger partial charge in [0.05, 0.1) is 9.48 Å². The second-order valence-corrected chi connectivity index (χ2v) is 6.79. The molecule has 0 saturated carbocycles. The molecule has 0 aliphatic rings. The van der Waals surface area contributed by atoms with Gasteiger partial charge in [-0.05, 0) is 52.9 Å². The number of hydrogen-bond acceptors (Lipinski definition) is 5. The number of aromatic nitrogens is 1. The van der Waals surface area contributed by atoms with Crippen LogP contribution in [0.5, 0.6) is 0 Å². The van der Waals surface area contributed by atoms with Crippen molar-refractivity contribution in [2.24, 2.45) is 0 Å². The molecule has 0 aliphatic carbocycles. The summed E-state index contributed by atoms with van der Waals surface area (Å²) < 4.78 is 5.32. The van der Waals surface area contributed by atoms with Crippen molar-refractivity contribution in [2.45, 2.75) is 13.3 Å². The Labute approximate surface area is 116 Å². The Morgan fingerprint density at radius 2 is 2.35 bits per heavy atom. The molecule has 0 saturated heterocycles. The van der Waals surface area contributed by atoms with Gasteiger partial charge in [-0.2, -0.15) is 9.64 Å². The molecule has 0 aliphatic heterocycles. The van der Waals surface area contributed by atoms with Crippen molar-refractivity contribution >= 4 is 43.8 Å². The first-order valence-corrected chi connectivity index (χ1v) is 7.43. The van der Waals surface area contributed by atoms with Crippen molar-refractivity contribution in [1.29, 1.82) is 5.26 Å². The first kappa shape index (κ1) is 12.6. The molecule has 0 atom stereocenters. The van der Waals surface area contributed by atoms with Crippen LogP contribution in [0.2, 0.25) is 0 Å². The number of halogens is 1. The molecule has 2 aromatic rings. The average molecular weight is 328 g/mol. The van der Waals surface area contributed by atoms with Crippen molar-refractivity contribution in [3.05, 3.63) is 32.1 Å². The number of nitrogens with zero attached hydrogens (tertiary/aromatic N) is 2. The Bertz CT molecular complexity index is 553.